The zero-order valence-corrected chi connectivity index (χ0v) is 13.0. The molecule has 2 aromatic rings. The molecule has 0 saturated heterocycles. The molecule has 1 unspecified atom stereocenters. The summed E-state index contributed by atoms with van der Waals surface area (Å²) in [6.07, 6.45) is 1.86. The average molecular weight is 284 g/mol. The lowest BCUT2D eigenvalue weighted by molar-refractivity contribution is 0.397. The van der Waals surface area contributed by atoms with Gasteiger partial charge in [-0.25, -0.2) is 4.98 Å². The first-order valence-corrected chi connectivity index (χ1v) is 7.45. The second kappa shape index (κ2) is 7.79. The van der Waals surface area contributed by atoms with E-state index in [2.05, 4.69) is 54.5 Å². The number of nitrogens with one attached hydrogen (secondary N) is 1. The molecule has 0 aliphatic heterocycles. The van der Waals surface area contributed by atoms with Gasteiger partial charge in [0.25, 0.3) is 0 Å². The van der Waals surface area contributed by atoms with Crippen molar-refractivity contribution in [2.24, 2.45) is 5.92 Å². The Morgan fingerprint density at radius 1 is 1.10 bits per heavy atom. The summed E-state index contributed by atoms with van der Waals surface area (Å²) in [5, 5.41) is 3.54. The van der Waals surface area contributed by atoms with E-state index in [1.54, 1.807) is 7.11 Å². The highest BCUT2D eigenvalue weighted by atomic mass is 16.5. The van der Waals surface area contributed by atoms with Gasteiger partial charge in [0.1, 0.15) is 0 Å². The van der Waals surface area contributed by atoms with E-state index in [0.717, 1.165) is 13.1 Å². The van der Waals surface area contributed by atoms with E-state index >= 15 is 0 Å². The number of ether oxygens (including phenoxy) is 1. The molecule has 0 aliphatic rings. The molecule has 21 heavy (non-hydrogen) atoms. The third kappa shape index (κ3) is 4.57. The van der Waals surface area contributed by atoms with Crippen LogP contribution in [0.4, 0.5) is 0 Å². The Balaban J connectivity index is 1.90. The van der Waals surface area contributed by atoms with E-state index in [1.807, 2.05) is 18.3 Å². The van der Waals surface area contributed by atoms with Crippen LogP contribution in [0.25, 0.3) is 0 Å². The molecule has 2 rings (SSSR count). The van der Waals surface area contributed by atoms with Gasteiger partial charge in [-0.05, 0) is 23.0 Å². The Bertz CT molecular complexity index is 523. The van der Waals surface area contributed by atoms with E-state index in [0.29, 0.717) is 17.7 Å². The zero-order valence-electron chi connectivity index (χ0n) is 13.0. The maximum absolute atomic E-state index is 5.07. The van der Waals surface area contributed by atoms with Crippen LogP contribution >= 0.6 is 0 Å². The van der Waals surface area contributed by atoms with Gasteiger partial charge in [-0.3, -0.25) is 0 Å². The van der Waals surface area contributed by atoms with Gasteiger partial charge in [0.2, 0.25) is 5.88 Å². The maximum Gasteiger partial charge on any atom is 0.212 e. The Labute approximate surface area is 127 Å². The summed E-state index contributed by atoms with van der Waals surface area (Å²) in [6, 6.07) is 14.6. The molecule has 1 N–H and O–H groups in total. The number of hydrogen-bond acceptors (Lipinski definition) is 3. The first kappa shape index (κ1) is 15.5. The van der Waals surface area contributed by atoms with Gasteiger partial charge in [0.05, 0.1) is 7.11 Å². The highest BCUT2D eigenvalue weighted by Gasteiger charge is 2.14. The van der Waals surface area contributed by atoms with Crippen molar-refractivity contribution in [1.29, 1.82) is 0 Å². The van der Waals surface area contributed by atoms with Gasteiger partial charge >= 0.3 is 0 Å². The minimum atomic E-state index is 0.525. The molecule has 112 valence electrons. The van der Waals surface area contributed by atoms with Gasteiger partial charge in [0, 0.05) is 25.4 Å². The normalized spacial score (nSPS) is 12.4. The van der Waals surface area contributed by atoms with Crippen LogP contribution in [-0.4, -0.2) is 18.6 Å². The molecular formula is C18H24N2O. The Morgan fingerprint density at radius 3 is 2.43 bits per heavy atom. The van der Waals surface area contributed by atoms with Gasteiger partial charge < -0.3 is 10.1 Å². The predicted octanol–water partition coefficient (Wildman–Crippen LogP) is 3.62. The van der Waals surface area contributed by atoms with Gasteiger partial charge in [0.15, 0.2) is 0 Å². The van der Waals surface area contributed by atoms with Crippen LogP contribution in [0.15, 0.2) is 48.7 Å². The quantitative estimate of drug-likeness (QED) is 0.843. The minimum absolute atomic E-state index is 0.525. The van der Waals surface area contributed by atoms with Crippen molar-refractivity contribution in [2.75, 3.05) is 13.7 Å². The lowest BCUT2D eigenvalue weighted by Gasteiger charge is -2.22. The molecule has 0 spiro atoms. The number of nitrogens with zero attached hydrogens (tertiary/aromatic N) is 1. The summed E-state index contributed by atoms with van der Waals surface area (Å²) in [4.78, 5) is 4.23. The maximum atomic E-state index is 5.07. The van der Waals surface area contributed by atoms with Gasteiger partial charge in [-0.2, -0.15) is 0 Å². The fourth-order valence-electron chi connectivity index (χ4n) is 2.45. The number of hydrogen-bond donors (Lipinski definition) is 1. The number of rotatable bonds is 7. The van der Waals surface area contributed by atoms with E-state index in [4.69, 9.17) is 4.74 Å². The SMILES string of the molecule is COc1ccc(CNCC(c2ccccc2)C(C)C)cn1. The summed E-state index contributed by atoms with van der Waals surface area (Å²) in [7, 11) is 1.63. The van der Waals surface area contributed by atoms with Crippen LogP contribution in [0.1, 0.15) is 30.9 Å². The number of pyridine rings is 1. The lowest BCUT2D eigenvalue weighted by atomic mass is 9.88. The van der Waals surface area contributed by atoms with Crippen LogP contribution in [0.2, 0.25) is 0 Å². The Kier molecular flexibility index (Phi) is 5.76. The topological polar surface area (TPSA) is 34.1 Å². The summed E-state index contributed by atoms with van der Waals surface area (Å²) in [5.74, 6) is 1.79. The molecule has 3 heteroatoms. The number of benzene rings is 1. The smallest absolute Gasteiger partial charge is 0.212 e. The molecule has 0 aliphatic carbocycles. The minimum Gasteiger partial charge on any atom is -0.481 e. The molecule has 1 heterocycles. The molecule has 0 fully saturated rings. The van der Waals surface area contributed by atoms with E-state index in [-0.39, 0.29) is 0 Å². The molecule has 0 amide bonds. The number of aromatic nitrogens is 1. The zero-order chi connectivity index (χ0) is 15.1. The number of methoxy groups -OCH3 is 1. The van der Waals surface area contributed by atoms with Crippen LogP contribution in [0.5, 0.6) is 5.88 Å². The molecule has 3 nitrogen and oxygen atoms in total. The second-order valence-corrected chi connectivity index (χ2v) is 5.60. The van der Waals surface area contributed by atoms with Crippen molar-refractivity contribution in [3.8, 4) is 5.88 Å². The van der Waals surface area contributed by atoms with Crippen molar-refractivity contribution in [3.05, 3.63) is 59.8 Å². The van der Waals surface area contributed by atoms with Crippen molar-refractivity contribution >= 4 is 0 Å². The largest absolute Gasteiger partial charge is 0.481 e. The van der Waals surface area contributed by atoms with Crippen molar-refractivity contribution in [2.45, 2.75) is 26.3 Å². The Hall–Kier alpha value is -1.87. The standard InChI is InChI=1S/C18H24N2O/c1-14(2)17(16-7-5-4-6-8-16)13-19-11-15-9-10-18(21-3)20-12-15/h4-10,12,14,17,19H,11,13H2,1-3H3. The molecule has 0 bridgehead atoms. The van der Waals surface area contributed by atoms with Crippen LogP contribution in [0.3, 0.4) is 0 Å². The van der Waals surface area contributed by atoms with Crippen molar-refractivity contribution in [1.82, 2.24) is 10.3 Å². The van der Waals surface area contributed by atoms with Crippen LogP contribution in [-0.2, 0) is 6.54 Å². The molecule has 1 aromatic carbocycles. The van der Waals surface area contributed by atoms with Crippen molar-refractivity contribution < 1.29 is 4.74 Å². The molecule has 0 radical (unpaired) electrons. The van der Waals surface area contributed by atoms with Crippen molar-refractivity contribution in [3.63, 3.8) is 0 Å². The summed E-state index contributed by atoms with van der Waals surface area (Å²) in [6.45, 7) is 6.34. The molecule has 1 aromatic heterocycles. The summed E-state index contributed by atoms with van der Waals surface area (Å²) < 4.78 is 5.07. The predicted molar refractivity (Wildman–Crippen MR) is 86.5 cm³/mol. The molecule has 1 atom stereocenters. The van der Waals surface area contributed by atoms with Crippen LogP contribution in [0, 0.1) is 5.92 Å². The van der Waals surface area contributed by atoms with Gasteiger partial charge in [-0.1, -0.05) is 50.2 Å². The summed E-state index contributed by atoms with van der Waals surface area (Å²) in [5.41, 5.74) is 2.57. The monoisotopic (exact) mass is 284 g/mol. The van der Waals surface area contributed by atoms with E-state index < -0.39 is 0 Å². The van der Waals surface area contributed by atoms with E-state index in [9.17, 15) is 0 Å². The van der Waals surface area contributed by atoms with Crippen LogP contribution < -0.4 is 10.1 Å². The summed E-state index contributed by atoms with van der Waals surface area (Å²) >= 11 is 0. The molecule has 0 saturated carbocycles. The van der Waals surface area contributed by atoms with E-state index in [1.165, 1.54) is 11.1 Å². The highest BCUT2D eigenvalue weighted by Crippen LogP contribution is 2.23. The Morgan fingerprint density at radius 2 is 1.86 bits per heavy atom. The first-order chi connectivity index (χ1) is 10.2. The third-order valence-corrected chi connectivity index (χ3v) is 3.73. The van der Waals surface area contributed by atoms with Gasteiger partial charge in [-0.15, -0.1) is 0 Å². The second-order valence-electron chi connectivity index (χ2n) is 5.60. The third-order valence-electron chi connectivity index (χ3n) is 3.73. The lowest BCUT2D eigenvalue weighted by Crippen LogP contribution is -2.24. The average Bonchev–Trinajstić information content (AvgIpc) is 2.52. The fourth-order valence-corrected chi connectivity index (χ4v) is 2.45. The molecular weight excluding hydrogens is 260 g/mol. The first-order valence-electron chi connectivity index (χ1n) is 7.45. The highest BCUT2D eigenvalue weighted by molar-refractivity contribution is 5.21. The fraction of sp³-hybridized carbons (Fsp3) is 0.389.